The van der Waals surface area contributed by atoms with Gasteiger partial charge in [-0.15, -0.1) is 0 Å². The molecule has 3 unspecified atom stereocenters. The fourth-order valence-corrected chi connectivity index (χ4v) is 17.1. The van der Waals surface area contributed by atoms with Gasteiger partial charge in [0, 0.05) is 17.9 Å². The fourth-order valence-electron chi connectivity index (χ4n) is 17.1. The van der Waals surface area contributed by atoms with E-state index in [9.17, 15) is 80.8 Å². The van der Waals surface area contributed by atoms with Crippen LogP contribution < -0.4 is 0 Å². The predicted octanol–water partition coefficient (Wildman–Crippen LogP) is -1.19. The van der Waals surface area contributed by atoms with Crippen molar-refractivity contribution in [2.75, 3.05) is 26.4 Å². The molecule has 29 atom stereocenters. The second kappa shape index (κ2) is 24.4. The Labute approximate surface area is 493 Å². The molecule has 9 aliphatic rings. The number of hydrogen-bond acceptors (Lipinski definition) is 25. The SMILES string of the molecule is C/C=C(\C)C(=O)O[C@H]1[C@H](OC(C)=O)C(C)(C)CC2C3=CCC4[C@@]5(C)CC[C@H](O[C@@H]6O[C@H](C(=O)O)[C@@H](O)[C@H](O[C@@H]7OC[C@H](O)[C@H](O)[C@H]7O[C@H]7OC[C@@H](O)[C@H](O)[C@H]7O)[C@H]6O[C@H]6O[C@H](CO)[C@H](O)[C@H](O)[C@H]6O)C(C)(C)C5CC[C@@]4(C)[C@]3(C)C[C@@H](O)[C@]21CO. The van der Waals surface area contributed by atoms with Gasteiger partial charge in [0.25, 0.3) is 0 Å². The van der Waals surface area contributed by atoms with Crippen molar-refractivity contribution in [3.63, 3.8) is 0 Å². The highest BCUT2D eigenvalue weighted by molar-refractivity contribution is 5.88. The number of fused-ring (bicyclic) bond motifs is 7. The van der Waals surface area contributed by atoms with Crippen molar-refractivity contribution in [2.24, 2.45) is 50.2 Å². The summed E-state index contributed by atoms with van der Waals surface area (Å²) in [6, 6.07) is 0. The Morgan fingerprint density at radius 3 is 1.89 bits per heavy atom. The van der Waals surface area contributed by atoms with Crippen LogP contribution in [0.4, 0.5) is 0 Å². The summed E-state index contributed by atoms with van der Waals surface area (Å²) in [7, 11) is 0. The Bertz CT molecular complexity index is 2490. The lowest BCUT2D eigenvalue weighted by atomic mass is 9.33. The third-order valence-corrected chi connectivity index (χ3v) is 22.2. The van der Waals surface area contributed by atoms with Gasteiger partial charge in [0.2, 0.25) is 0 Å². The van der Waals surface area contributed by atoms with Gasteiger partial charge in [0.15, 0.2) is 37.4 Å². The second-order valence-corrected chi connectivity index (χ2v) is 27.6. The standard InChI is InChI=1S/C59H92O26/c1-11-24(2)49(75)85-47-46(78-25(3)62)54(4,5)18-27-26-12-13-32-56(8)16-15-34(55(6,7)31(56)14-17-57(32,9)58(26,10)19-33(65)59(27,47)23-61)80-53-45(84-51-40(71)38(69)37(68)30(20-60)79-51)42(41(72)43(82-53)48(73)74)81-52-44(36(67)29(64)22-77-52)83-50-39(70)35(66)28(63)21-76-50/h11-12,27-47,50-53,60-61,63-72H,13-23H2,1-10H3,(H,73,74)/b24-11+/t27?,28-,29+,30-,31?,32?,33-,34+,35+,36+,37+,38+,39-,40-,41+,42+,43+,44-,45-,46+,47+,50-,51-,52+,53-,56+,57-,58-,59+/m1/s1. The largest absolute Gasteiger partial charge is 0.479 e. The highest BCUT2D eigenvalue weighted by Gasteiger charge is 2.74. The summed E-state index contributed by atoms with van der Waals surface area (Å²) in [5.41, 5.74) is -3.22. The van der Waals surface area contributed by atoms with Crippen LogP contribution >= 0.6 is 0 Å². The number of esters is 2. The Hall–Kier alpha value is -2.91. The number of aliphatic carboxylic acids is 1. The lowest BCUT2D eigenvalue weighted by Crippen LogP contribution is -2.72. The van der Waals surface area contributed by atoms with Gasteiger partial charge in [0.05, 0.1) is 44.1 Å². The number of rotatable bonds is 14. The van der Waals surface area contributed by atoms with E-state index in [0.29, 0.717) is 44.1 Å². The van der Waals surface area contributed by atoms with Crippen molar-refractivity contribution >= 4 is 17.9 Å². The van der Waals surface area contributed by atoms with Crippen LogP contribution in [0.1, 0.15) is 114 Å². The van der Waals surface area contributed by atoms with Gasteiger partial charge < -0.3 is 114 Å². The normalized spacial score (nSPS) is 50.5. The highest BCUT2D eigenvalue weighted by atomic mass is 16.8. The number of carboxylic acids is 1. The predicted molar refractivity (Wildman–Crippen MR) is 288 cm³/mol. The molecule has 4 heterocycles. The molecule has 4 aliphatic heterocycles. The summed E-state index contributed by atoms with van der Waals surface area (Å²) < 4.78 is 60.9. The van der Waals surface area contributed by atoms with Crippen LogP contribution in [0.2, 0.25) is 0 Å². The first-order valence-electron chi connectivity index (χ1n) is 29.8. The number of ether oxygens (including phenoxy) is 10. The molecular weight excluding hydrogens is 1120 g/mol. The van der Waals surface area contributed by atoms with Crippen molar-refractivity contribution in [3.8, 4) is 0 Å². The van der Waals surface area contributed by atoms with Crippen LogP contribution in [0.25, 0.3) is 0 Å². The summed E-state index contributed by atoms with van der Waals surface area (Å²) in [6.07, 6.45) is -30.6. The molecule has 0 aromatic carbocycles. The summed E-state index contributed by atoms with van der Waals surface area (Å²) in [5, 5.41) is 144. The molecule has 0 aromatic heterocycles. The topological polar surface area (TPSA) is 407 Å². The van der Waals surface area contributed by atoms with E-state index in [2.05, 4.69) is 26.8 Å². The van der Waals surface area contributed by atoms with Gasteiger partial charge in [-0.2, -0.15) is 0 Å². The summed E-state index contributed by atoms with van der Waals surface area (Å²) in [4.78, 5) is 39.6. The Morgan fingerprint density at radius 2 is 1.27 bits per heavy atom. The van der Waals surface area contributed by atoms with Crippen LogP contribution in [0.5, 0.6) is 0 Å². The van der Waals surface area contributed by atoms with Crippen molar-refractivity contribution in [1.82, 2.24) is 0 Å². The fraction of sp³-hybridized carbons (Fsp3) is 0.881. The molecule has 85 heavy (non-hydrogen) atoms. The van der Waals surface area contributed by atoms with Crippen molar-refractivity contribution in [3.05, 3.63) is 23.3 Å². The van der Waals surface area contributed by atoms with Gasteiger partial charge in [-0.3, -0.25) is 4.79 Å². The maximum atomic E-state index is 13.7. The summed E-state index contributed by atoms with van der Waals surface area (Å²) >= 11 is 0. The van der Waals surface area contributed by atoms with Gasteiger partial charge in [-0.05, 0) is 98.2 Å². The van der Waals surface area contributed by atoms with E-state index in [1.54, 1.807) is 19.9 Å². The quantitative estimate of drug-likeness (QED) is 0.0421. The first kappa shape index (κ1) is 66.5. The molecule has 8 fully saturated rings. The first-order valence-corrected chi connectivity index (χ1v) is 29.8. The van der Waals surface area contributed by atoms with Gasteiger partial charge in [-0.25, -0.2) is 9.59 Å². The van der Waals surface area contributed by atoms with E-state index in [0.717, 1.165) is 5.57 Å². The molecule has 0 bridgehead atoms. The Morgan fingerprint density at radius 1 is 0.647 bits per heavy atom. The van der Waals surface area contributed by atoms with Crippen LogP contribution in [0.3, 0.4) is 0 Å². The molecule has 13 N–H and O–H groups in total. The summed E-state index contributed by atoms with van der Waals surface area (Å²) in [6.45, 7) is 16.7. The van der Waals surface area contributed by atoms with Crippen LogP contribution in [0, 0.1) is 50.2 Å². The first-order chi connectivity index (χ1) is 39.7. The lowest BCUT2D eigenvalue weighted by molar-refractivity contribution is -0.399. The lowest BCUT2D eigenvalue weighted by Gasteiger charge is -2.72. The Balaban J connectivity index is 1.04. The van der Waals surface area contributed by atoms with E-state index in [4.69, 9.17) is 47.4 Å². The zero-order valence-corrected chi connectivity index (χ0v) is 50.0. The van der Waals surface area contributed by atoms with E-state index >= 15 is 0 Å². The van der Waals surface area contributed by atoms with Crippen LogP contribution in [-0.2, 0) is 61.8 Å². The molecule has 0 amide bonds. The number of aliphatic hydroxyl groups excluding tert-OH is 12. The number of carbonyl (C=O) groups is 3. The highest BCUT2D eigenvalue weighted by Crippen LogP contribution is 2.76. The second-order valence-electron chi connectivity index (χ2n) is 27.6. The molecule has 484 valence electrons. The van der Waals surface area contributed by atoms with E-state index in [-0.39, 0.29) is 18.3 Å². The van der Waals surface area contributed by atoms with E-state index in [1.807, 2.05) is 27.7 Å². The number of allylic oxidation sites excluding steroid dienone is 3. The minimum absolute atomic E-state index is 0.0107. The van der Waals surface area contributed by atoms with Crippen molar-refractivity contribution in [2.45, 2.75) is 249 Å². The molecule has 4 saturated heterocycles. The minimum atomic E-state index is -2.21. The molecule has 4 saturated carbocycles. The minimum Gasteiger partial charge on any atom is -0.479 e. The van der Waals surface area contributed by atoms with Crippen LogP contribution in [0.15, 0.2) is 23.3 Å². The molecule has 0 radical (unpaired) electrons. The molecule has 26 heteroatoms. The maximum absolute atomic E-state index is 13.7. The maximum Gasteiger partial charge on any atom is 0.335 e. The third kappa shape index (κ3) is 11.1. The average Bonchev–Trinajstić information content (AvgIpc) is 0.675. The van der Waals surface area contributed by atoms with E-state index < -0.39 is 218 Å². The van der Waals surface area contributed by atoms with Gasteiger partial charge >= 0.3 is 17.9 Å². The zero-order valence-electron chi connectivity index (χ0n) is 50.0. The van der Waals surface area contributed by atoms with Crippen LogP contribution in [-0.4, -0.2) is 246 Å². The van der Waals surface area contributed by atoms with E-state index in [1.165, 1.54) is 6.92 Å². The Kier molecular flexibility index (Phi) is 19.1. The number of carboxylic acid groups (broad SMARTS) is 1. The molecular formula is C59H92O26. The summed E-state index contributed by atoms with van der Waals surface area (Å²) in [5.74, 6) is -3.56. The number of carbonyl (C=O) groups excluding carboxylic acids is 2. The van der Waals surface area contributed by atoms with Crippen molar-refractivity contribution < 1.29 is 128 Å². The molecule has 0 aromatic rings. The number of aliphatic hydroxyl groups is 12. The molecule has 5 aliphatic carbocycles. The monoisotopic (exact) mass is 1220 g/mol. The number of hydrogen-bond donors (Lipinski definition) is 13. The molecule has 9 rings (SSSR count). The third-order valence-electron chi connectivity index (χ3n) is 22.2. The molecule has 0 spiro atoms. The van der Waals surface area contributed by atoms with Gasteiger partial charge in [0.1, 0.15) is 85.5 Å². The van der Waals surface area contributed by atoms with Crippen molar-refractivity contribution in [1.29, 1.82) is 0 Å². The zero-order chi connectivity index (χ0) is 62.6. The van der Waals surface area contributed by atoms with Gasteiger partial charge in [-0.1, -0.05) is 66.2 Å². The smallest absolute Gasteiger partial charge is 0.335 e. The average molecular weight is 1220 g/mol. The molecule has 26 nitrogen and oxygen atoms in total.